The van der Waals surface area contributed by atoms with Gasteiger partial charge in [0, 0.05) is 22.9 Å². The van der Waals surface area contributed by atoms with Gasteiger partial charge in [-0.05, 0) is 50.8 Å². The number of aromatic amines is 1. The molecule has 2 rings (SSSR count). The molecule has 37 heavy (non-hydrogen) atoms. The number of hydrogen-bond donors (Lipinski definition) is 9. The largest absolute Gasteiger partial charge is 0.480 e. The van der Waals surface area contributed by atoms with Crippen molar-refractivity contribution in [2.75, 3.05) is 12.3 Å². The number of benzene rings is 1. The van der Waals surface area contributed by atoms with Crippen LogP contribution in [0.15, 0.2) is 30.5 Å². The number of carbonyl (C=O) groups excluding carboxylic acids is 3. The minimum atomic E-state index is -1.46. The van der Waals surface area contributed by atoms with E-state index in [1.165, 1.54) is 6.92 Å². The molecular formula is C24H36N6O6S. The van der Waals surface area contributed by atoms with E-state index in [2.05, 4.69) is 33.6 Å². The third-order valence-electron chi connectivity index (χ3n) is 5.89. The van der Waals surface area contributed by atoms with E-state index in [1.807, 2.05) is 24.3 Å². The molecule has 0 aliphatic heterocycles. The van der Waals surface area contributed by atoms with Gasteiger partial charge in [0.1, 0.15) is 18.1 Å². The monoisotopic (exact) mass is 536 g/mol. The molecule has 0 aliphatic carbocycles. The fraction of sp³-hybridized carbons (Fsp3) is 0.500. The number of nitrogens with one attached hydrogen (secondary N) is 4. The lowest BCUT2D eigenvalue weighted by atomic mass is 10.0. The summed E-state index contributed by atoms with van der Waals surface area (Å²) in [6.07, 6.45) is 2.00. The van der Waals surface area contributed by atoms with Crippen LogP contribution in [0.4, 0.5) is 0 Å². The lowest BCUT2D eigenvalue weighted by Crippen LogP contribution is -2.60. The molecular weight excluding hydrogens is 500 g/mol. The molecule has 0 fully saturated rings. The number of carboxylic acid groups (broad SMARTS) is 1. The number of aliphatic carboxylic acids is 1. The topological polar surface area (TPSA) is 213 Å². The molecule has 13 heteroatoms. The van der Waals surface area contributed by atoms with Crippen LogP contribution in [0.25, 0.3) is 10.9 Å². The number of thiol groups is 1. The summed E-state index contributed by atoms with van der Waals surface area (Å²) in [4.78, 5) is 52.9. The smallest absolute Gasteiger partial charge is 0.327 e. The highest BCUT2D eigenvalue weighted by molar-refractivity contribution is 7.80. The average Bonchev–Trinajstić information content (AvgIpc) is 3.27. The van der Waals surface area contributed by atoms with Crippen molar-refractivity contribution in [2.45, 2.75) is 62.9 Å². The van der Waals surface area contributed by atoms with Crippen molar-refractivity contribution in [3.05, 3.63) is 36.0 Å². The number of rotatable bonds is 15. The number of carboxylic acids is 1. The Morgan fingerprint density at radius 2 is 1.70 bits per heavy atom. The summed E-state index contributed by atoms with van der Waals surface area (Å²) in [5, 5.41) is 27.5. The Morgan fingerprint density at radius 1 is 1.03 bits per heavy atom. The van der Waals surface area contributed by atoms with Crippen LogP contribution in [0.5, 0.6) is 0 Å². The molecule has 1 aromatic heterocycles. The van der Waals surface area contributed by atoms with Crippen molar-refractivity contribution in [2.24, 2.45) is 11.5 Å². The lowest BCUT2D eigenvalue weighted by Gasteiger charge is -2.26. The summed E-state index contributed by atoms with van der Waals surface area (Å²) >= 11 is 3.89. The normalized spacial score (nSPS) is 15.3. The zero-order valence-corrected chi connectivity index (χ0v) is 21.5. The van der Waals surface area contributed by atoms with Crippen LogP contribution < -0.4 is 27.4 Å². The van der Waals surface area contributed by atoms with E-state index in [-0.39, 0.29) is 18.6 Å². The van der Waals surface area contributed by atoms with Crippen LogP contribution in [0.3, 0.4) is 0 Å². The Labute approximate surface area is 220 Å². The molecule has 10 N–H and O–H groups in total. The highest BCUT2D eigenvalue weighted by Gasteiger charge is 2.32. The Kier molecular flexibility index (Phi) is 11.9. The minimum absolute atomic E-state index is 0.187. The number of amides is 3. The summed E-state index contributed by atoms with van der Waals surface area (Å²) in [6.45, 7) is 1.67. The molecule has 0 spiro atoms. The SMILES string of the molecule is C[C@@H](O)[C@H](NC(=O)[C@H](CCCCN)NC(=O)[C@@H](N)Cc1c[nH]c2ccccc12)C(=O)N[C@@H](CS)C(=O)O. The Morgan fingerprint density at radius 3 is 2.32 bits per heavy atom. The van der Waals surface area contributed by atoms with Crippen molar-refractivity contribution < 1.29 is 29.4 Å². The first-order chi connectivity index (χ1) is 17.6. The molecule has 2 aromatic rings. The Balaban J connectivity index is 2.10. The second-order valence-electron chi connectivity index (χ2n) is 8.82. The number of aromatic nitrogens is 1. The summed E-state index contributed by atoms with van der Waals surface area (Å²) in [5.41, 5.74) is 13.5. The average molecular weight is 537 g/mol. The predicted molar refractivity (Wildman–Crippen MR) is 142 cm³/mol. The second kappa shape index (κ2) is 14.6. The van der Waals surface area contributed by atoms with E-state index in [9.17, 15) is 24.3 Å². The maximum Gasteiger partial charge on any atom is 0.327 e. The number of unbranched alkanes of at least 4 members (excludes halogenated alkanes) is 1. The van der Waals surface area contributed by atoms with Crippen LogP contribution >= 0.6 is 12.6 Å². The van der Waals surface area contributed by atoms with Gasteiger partial charge in [0.25, 0.3) is 0 Å². The molecule has 0 bridgehead atoms. The summed E-state index contributed by atoms with van der Waals surface area (Å²) < 4.78 is 0. The second-order valence-corrected chi connectivity index (χ2v) is 9.19. The van der Waals surface area contributed by atoms with Crippen LogP contribution in [-0.4, -0.2) is 81.5 Å². The van der Waals surface area contributed by atoms with E-state index in [0.717, 1.165) is 16.5 Å². The number of hydrogen-bond acceptors (Lipinski definition) is 8. The highest BCUT2D eigenvalue weighted by atomic mass is 32.1. The van der Waals surface area contributed by atoms with E-state index in [0.29, 0.717) is 19.4 Å². The van der Waals surface area contributed by atoms with E-state index in [1.54, 1.807) is 6.20 Å². The van der Waals surface area contributed by atoms with Crippen molar-refractivity contribution in [1.29, 1.82) is 0 Å². The van der Waals surface area contributed by atoms with Crippen LogP contribution in [0.2, 0.25) is 0 Å². The maximum atomic E-state index is 13.1. The van der Waals surface area contributed by atoms with E-state index in [4.69, 9.17) is 16.6 Å². The highest BCUT2D eigenvalue weighted by Crippen LogP contribution is 2.19. The number of carbonyl (C=O) groups is 4. The van der Waals surface area contributed by atoms with Gasteiger partial charge in [0.15, 0.2) is 0 Å². The summed E-state index contributed by atoms with van der Waals surface area (Å²) in [6, 6.07) is 2.83. The third kappa shape index (κ3) is 8.74. The van der Waals surface area contributed by atoms with Gasteiger partial charge in [0.05, 0.1) is 12.1 Å². The first-order valence-corrected chi connectivity index (χ1v) is 12.7. The molecule has 12 nitrogen and oxygen atoms in total. The van der Waals surface area contributed by atoms with Gasteiger partial charge in [-0.3, -0.25) is 14.4 Å². The van der Waals surface area contributed by atoms with Crippen molar-refractivity contribution in [1.82, 2.24) is 20.9 Å². The number of aliphatic hydroxyl groups excluding tert-OH is 1. The first-order valence-electron chi connectivity index (χ1n) is 12.0. The molecule has 0 radical (unpaired) electrons. The fourth-order valence-electron chi connectivity index (χ4n) is 3.78. The molecule has 3 amide bonds. The molecule has 0 saturated heterocycles. The first kappa shape index (κ1) is 30.1. The zero-order chi connectivity index (χ0) is 27.5. The van der Waals surface area contributed by atoms with Crippen molar-refractivity contribution in [3.63, 3.8) is 0 Å². The number of H-pyrrole nitrogens is 1. The molecule has 204 valence electrons. The summed E-state index contributed by atoms with van der Waals surface area (Å²) in [5.74, 6) is -3.67. The van der Waals surface area contributed by atoms with Gasteiger partial charge in [-0.2, -0.15) is 12.6 Å². The lowest BCUT2D eigenvalue weighted by molar-refractivity contribution is -0.142. The van der Waals surface area contributed by atoms with Gasteiger partial charge < -0.3 is 42.6 Å². The van der Waals surface area contributed by atoms with Crippen LogP contribution in [-0.2, 0) is 25.6 Å². The molecule has 1 aromatic carbocycles. The predicted octanol–water partition coefficient (Wildman–Crippen LogP) is -0.984. The van der Waals surface area contributed by atoms with E-state index < -0.39 is 54.0 Å². The Hall–Kier alpha value is -3.13. The molecule has 0 unspecified atom stereocenters. The van der Waals surface area contributed by atoms with Crippen molar-refractivity contribution >= 4 is 47.2 Å². The minimum Gasteiger partial charge on any atom is -0.480 e. The van der Waals surface area contributed by atoms with Gasteiger partial charge in [0.2, 0.25) is 17.7 Å². The third-order valence-corrected chi connectivity index (χ3v) is 6.26. The van der Waals surface area contributed by atoms with Gasteiger partial charge in [-0.1, -0.05) is 18.2 Å². The molecule has 0 aliphatic rings. The van der Waals surface area contributed by atoms with Gasteiger partial charge in [-0.15, -0.1) is 0 Å². The molecule has 5 atom stereocenters. The van der Waals surface area contributed by atoms with Crippen molar-refractivity contribution in [3.8, 4) is 0 Å². The number of fused-ring (bicyclic) bond motifs is 1. The fourth-order valence-corrected chi connectivity index (χ4v) is 4.02. The van der Waals surface area contributed by atoms with Gasteiger partial charge >= 0.3 is 5.97 Å². The number of para-hydroxylation sites is 1. The summed E-state index contributed by atoms with van der Waals surface area (Å²) in [7, 11) is 0. The standard InChI is InChI=1S/C24H36N6O6S/c1-13(31)20(23(34)29-19(12-37)24(35)36)30-22(33)18(8-4-5-9-25)28-21(32)16(26)10-14-11-27-17-7-3-2-6-15(14)17/h2-3,6-7,11,13,16,18-20,27,31,37H,4-5,8-10,12,25-26H2,1H3,(H,28,32)(H,29,34)(H,30,33)(H,35,36)/t13-,16+,18+,19+,20+/m1/s1. The van der Waals surface area contributed by atoms with E-state index >= 15 is 0 Å². The molecule has 1 heterocycles. The van der Waals surface area contributed by atoms with Crippen LogP contribution in [0.1, 0.15) is 31.7 Å². The quantitative estimate of drug-likeness (QED) is 0.102. The Bertz CT molecular complexity index is 1080. The zero-order valence-electron chi connectivity index (χ0n) is 20.6. The number of nitrogens with two attached hydrogens (primary N) is 2. The van der Waals surface area contributed by atoms with Crippen LogP contribution in [0, 0.1) is 0 Å². The van der Waals surface area contributed by atoms with Gasteiger partial charge in [-0.25, -0.2) is 4.79 Å². The molecule has 0 saturated carbocycles. The maximum absolute atomic E-state index is 13.1. The number of aliphatic hydroxyl groups is 1.